The molecule has 0 bridgehead atoms. The number of nitrogens with zero attached hydrogens (tertiary/aromatic N) is 3. The van der Waals surface area contributed by atoms with Gasteiger partial charge in [0.25, 0.3) is 5.91 Å². The molecule has 3 rings (SSSR count). The molecule has 1 aliphatic heterocycles. The first-order valence-corrected chi connectivity index (χ1v) is 18.8. The number of aromatic nitrogens is 1. The van der Waals surface area contributed by atoms with E-state index in [1.807, 2.05) is 70.0 Å². The summed E-state index contributed by atoms with van der Waals surface area (Å²) in [5.41, 5.74) is 1.17. The van der Waals surface area contributed by atoms with Crippen LogP contribution in [-0.4, -0.2) is 96.4 Å². The van der Waals surface area contributed by atoms with Gasteiger partial charge in [-0.2, -0.15) is 0 Å². The van der Waals surface area contributed by atoms with Crippen LogP contribution in [0, 0.1) is 17.8 Å². The number of esters is 2. The molecular formula is C38H57N5O7S. The second-order valence-corrected chi connectivity index (χ2v) is 15.3. The highest BCUT2D eigenvalue weighted by atomic mass is 32.1. The van der Waals surface area contributed by atoms with Gasteiger partial charge in [-0.3, -0.25) is 28.9 Å². The second kappa shape index (κ2) is 19.7. The molecule has 12 nitrogen and oxygen atoms in total. The zero-order chi connectivity index (χ0) is 37.8. The van der Waals surface area contributed by atoms with E-state index in [1.54, 1.807) is 24.3 Å². The molecule has 0 radical (unpaired) electrons. The maximum atomic E-state index is 14.0. The van der Waals surface area contributed by atoms with Crippen LogP contribution in [0.2, 0.25) is 0 Å². The van der Waals surface area contributed by atoms with Gasteiger partial charge < -0.3 is 25.0 Å². The number of rotatable bonds is 17. The van der Waals surface area contributed by atoms with Crippen LogP contribution in [0.4, 0.5) is 0 Å². The number of thiazole rings is 1. The quantitative estimate of drug-likeness (QED) is 0.220. The summed E-state index contributed by atoms with van der Waals surface area (Å²) in [4.78, 5) is 73.7. The molecule has 51 heavy (non-hydrogen) atoms. The van der Waals surface area contributed by atoms with Crippen molar-refractivity contribution in [3.05, 3.63) is 52.0 Å². The number of hydrogen-bond donors (Lipinski definition) is 2. The summed E-state index contributed by atoms with van der Waals surface area (Å²) in [6.45, 7) is 11.7. The Bertz CT molecular complexity index is 1470. The van der Waals surface area contributed by atoms with Crippen molar-refractivity contribution in [1.82, 2.24) is 25.4 Å². The average molecular weight is 728 g/mol. The molecule has 1 aromatic carbocycles. The summed E-state index contributed by atoms with van der Waals surface area (Å²) in [6, 6.07) is 7.93. The van der Waals surface area contributed by atoms with E-state index in [9.17, 15) is 24.0 Å². The molecule has 3 amide bonds. The highest BCUT2D eigenvalue weighted by Crippen LogP contribution is 2.31. The van der Waals surface area contributed by atoms with Gasteiger partial charge in [-0.25, -0.2) is 4.98 Å². The molecule has 0 aliphatic carbocycles. The van der Waals surface area contributed by atoms with Gasteiger partial charge >= 0.3 is 11.9 Å². The summed E-state index contributed by atoms with van der Waals surface area (Å²) < 4.78 is 10.7. The average Bonchev–Trinajstić information content (AvgIpc) is 3.59. The van der Waals surface area contributed by atoms with Crippen LogP contribution in [0.15, 0.2) is 35.7 Å². The van der Waals surface area contributed by atoms with E-state index >= 15 is 0 Å². The number of nitrogens with one attached hydrogen (secondary N) is 2. The lowest BCUT2D eigenvalue weighted by atomic mass is 9.94. The van der Waals surface area contributed by atoms with Crippen molar-refractivity contribution < 1.29 is 33.4 Å². The molecule has 6 atom stereocenters. The van der Waals surface area contributed by atoms with E-state index in [4.69, 9.17) is 9.47 Å². The number of piperidine rings is 1. The zero-order valence-corrected chi connectivity index (χ0v) is 32.5. The van der Waals surface area contributed by atoms with Crippen LogP contribution in [-0.2, 0) is 35.1 Å². The predicted molar refractivity (Wildman–Crippen MR) is 197 cm³/mol. The minimum absolute atomic E-state index is 0.0386. The minimum atomic E-state index is -0.820. The van der Waals surface area contributed by atoms with Gasteiger partial charge in [0, 0.05) is 37.9 Å². The van der Waals surface area contributed by atoms with Crippen LogP contribution in [0.3, 0.4) is 0 Å². The number of carbonyl (C=O) groups excluding carboxylic acids is 5. The molecule has 1 fully saturated rings. The van der Waals surface area contributed by atoms with Gasteiger partial charge in [0.1, 0.15) is 16.7 Å². The SMILES string of the molecule is COC(=O)[C@@H](C)C[C@H](Cc1ccccc1)NC(=O)c1csc([C@@H](C[C@H](C(C)C)N(C)C(=O)[C@@H](NC(=O)[C@H]2CCCCN2C)C(C)C)OC(C)=O)n1. The Hall–Kier alpha value is -3.84. The van der Waals surface area contributed by atoms with Crippen LogP contribution in [0.25, 0.3) is 0 Å². The van der Waals surface area contributed by atoms with Crippen molar-refractivity contribution in [1.29, 1.82) is 0 Å². The molecule has 282 valence electrons. The van der Waals surface area contributed by atoms with Gasteiger partial charge in [-0.15, -0.1) is 11.3 Å². The second-order valence-electron chi connectivity index (χ2n) is 14.4. The third kappa shape index (κ3) is 12.1. The molecule has 13 heteroatoms. The molecule has 2 aromatic rings. The molecule has 0 unspecified atom stereocenters. The summed E-state index contributed by atoms with van der Waals surface area (Å²) in [6.07, 6.45) is 3.07. The maximum absolute atomic E-state index is 14.0. The van der Waals surface area contributed by atoms with E-state index in [1.165, 1.54) is 25.4 Å². The fraction of sp³-hybridized carbons (Fsp3) is 0.632. The van der Waals surface area contributed by atoms with Crippen molar-refractivity contribution in [2.75, 3.05) is 27.7 Å². The largest absolute Gasteiger partial charge is 0.469 e. The normalized spacial score (nSPS) is 17.9. The van der Waals surface area contributed by atoms with Crippen LogP contribution >= 0.6 is 11.3 Å². The number of amides is 3. The van der Waals surface area contributed by atoms with Crippen molar-refractivity contribution in [2.45, 2.75) is 110 Å². The van der Waals surface area contributed by atoms with Crippen LogP contribution in [0.5, 0.6) is 0 Å². The van der Waals surface area contributed by atoms with E-state index < -0.39 is 29.9 Å². The number of carbonyl (C=O) groups is 5. The van der Waals surface area contributed by atoms with Gasteiger partial charge in [-0.1, -0.05) is 71.4 Å². The third-order valence-electron chi connectivity index (χ3n) is 9.61. The monoisotopic (exact) mass is 727 g/mol. The molecule has 0 saturated carbocycles. The lowest BCUT2D eigenvalue weighted by molar-refractivity contribution is -0.149. The van der Waals surface area contributed by atoms with Gasteiger partial charge in [0.2, 0.25) is 11.8 Å². The first-order valence-electron chi connectivity index (χ1n) is 17.9. The number of likely N-dealkylation sites (N-methyl/N-ethyl adjacent to an activating group) is 2. The van der Waals surface area contributed by atoms with E-state index in [-0.39, 0.29) is 59.9 Å². The third-order valence-corrected chi connectivity index (χ3v) is 10.6. The molecule has 1 aromatic heterocycles. The van der Waals surface area contributed by atoms with E-state index in [0.717, 1.165) is 31.4 Å². The van der Waals surface area contributed by atoms with Crippen LogP contribution < -0.4 is 10.6 Å². The molecule has 2 N–H and O–H groups in total. The van der Waals surface area contributed by atoms with Gasteiger partial charge in [-0.05, 0) is 56.7 Å². The molecule has 1 aliphatic rings. The highest BCUT2D eigenvalue weighted by molar-refractivity contribution is 7.09. The Morgan fingerprint density at radius 2 is 1.69 bits per heavy atom. The van der Waals surface area contributed by atoms with Gasteiger partial charge in [0.05, 0.1) is 19.1 Å². The van der Waals surface area contributed by atoms with E-state index in [2.05, 4.69) is 15.6 Å². The first kappa shape index (κ1) is 41.6. The fourth-order valence-corrected chi connectivity index (χ4v) is 7.50. The topological polar surface area (TPSA) is 147 Å². The number of hydrogen-bond acceptors (Lipinski definition) is 10. The van der Waals surface area contributed by atoms with Crippen molar-refractivity contribution >= 4 is 41.0 Å². The predicted octanol–water partition coefficient (Wildman–Crippen LogP) is 4.79. The highest BCUT2D eigenvalue weighted by Gasteiger charge is 2.37. The maximum Gasteiger partial charge on any atom is 0.308 e. The molecule has 2 heterocycles. The van der Waals surface area contributed by atoms with Crippen molar-refractivity contribution in [3.8, 4) is 0 Å². The number of methoxy groups -OCH3 is 1. The Morgan fingerprint density at radius 3 is 2.27 bits per heavy atom. The Kier molecular flexibility index (Phi) is 16.0. The summed E-state index contributed by atoms with van der Waals surface area (Å²) in [5, 5.41) is 8.13. The number of benzene rings is 1. The van der Waals surface area contributed by atoms with Crippen molar-refractivity contribution in [2.24, 2.45) is 17.8 Å². The molecular weight excluding hydrogens is 671 g/mol. The number of ether oxygens (including phenoxy) is 2. The lowest BCUT2D eigenvalue weighted by Gasteiger charge is -2.37. The number of likely N-dealkylation sites (tertiary alicyclic amines) is 1. The minimum Gasteiger partial charge on any atom is -0.469 e. The standard InChI is InChI=1S/C38H57N5O7S/c1-23(2)31(43(8)37(47)33(24(3)4)41-35(46)30-17-13-14-18-42(30)7)21-32(50-26(6)44)36-40-29(22-51-36)34(45)39-28(19-25(5)38(48)49-9)20-27-15-11-10-12-16-27/h10-12,15-16,22-25,28,30-33H,13-14,17-21H2,1-9H3,(H,39,45)(H,41,46)/t25-,28+,30+,31+,32+,33-/m0/s1. The zero-order valence-electron chi connectivity index (χ0n) is 31.6. The smallest absolute Gasteiger partial charge is 0.308 e. The first-order chi connectivity index (χ1) is 24.1. The summed E-state index contributed by atoms with van der Waals surface area (Å²) >= 11 is 1.20. The van der Waals surface area contributed by atoms with Gasteiger partial charge in [0.15, 0.2) is 6.10 Å². The lowest BCUT2D eigenvalue weighted by Crippen LogP contribution is -2.57. The Labute approximate surface area is 307 Å². The molecule has 0 spiro atoms. The van der Waals surface area contributed by atoms with Crippen molar-refractivity contribution in [3.63, 3.8) is 0 Å². The Balaban J connectivity index is 1.79. The fourth-order valence-electron chi connectivity index (χ4n) is 6.66. The molecule has 1 saturated heterocycles. The summed E-state index contributed by atoms with van der Waals surface area (Å²) in [5.74, 6) is -2.28. The van der Waals surface area contributed by atoms with Crippen LogP contribution in [0.1, 0.15) is 101 Å². The Morgan fingerprint density at radius 1 is 1.00 bits per heavy atom. The van der Waals surface area contributed by atoms with E-state index in [0.29, 0.717) is 17.8 Å². The summed E-state index contributed by atoms with van der Waals surface area (Å²) in [7, 11) is 5.00.